The third-order valence-corrected chi connectivity index (χ3v) is 3.55. The molecule has 0 aliphatic rings. The van der Waals surface area contributed by atoms with Gasteiger partial charge in [0.05, 0.1) is 11.6 Å². The highest BCUT2D eigenvalue weighted by atomic mass is 35.5. The highest BCUT2D eigenvalue weighted by Crippen LogP contribution is 2.25. The molecule has 0 fully saturated rings. The second-order valence-corrected chi connectivity index (χ2v) is 5.96. The van der Waals surface area contributed by atoms with Gasteiger partial charge in [-0.1, -0.05) is 18.5 Å². The molecule has 2 aromatic heterocycles. The van der Waals surface area contributed by atoms with Gasteiger partial charge in [-0.25, -0.2) is 9.37 Å². The molecular weight excluding hydrogens is 349 g/mol. The van der Waals surface area contributed by atoms with Gasteiger partial charge in [0.2, 0.25) is 5.82 Å². The van der Waals surface area contributed by atoms with Crippen LogP contribution < -0.4 is 4.74 Å². The van der Waals surface area contributed by atoms with Gasteiger partial charge in [-0.3, -0.25) is 0 Å². The zero-order valence-electron chi connectivity index (χ0n) is 13.3. The second kappa shape index (κ2) is 7.54. The fourth-order valence-electron chi connectivity index (χ4n) is 2.03. The van der Waals surface area contributed by atoms with Gasteiger partial charge in [0, 0.05) is 24.3 Å². The molecule has 3 aromatic rings. The van der Waals surface area contributed by atoms with Crippen molar-refractivity contribution in [2.24, 2.45) is 5.92 Å². The molecule has 0 aliphatic heterocycles. The predicted molar refractivity (Wildman–Crippen MR) is 88.8 cm³/mol. The first-order valence-corrected chi connectivity index (χ1v) is 7.91. The number of tetrazole rings is 1. The molecule has 7 nitrogen and oxygen atoms in total. The molecule has 2 heterocycles. The van der Waals surface area contributed by atoms with Crippen molar-refractivity contribution in [3.63, 3.8) is 0 Å². The van der Waals surface area contributed by atoms with Crippen molar-refractivity contribution in [1.82, 2.24) is 25.2 Å². The molecule has 0 amide bonds. The number of hydrogen-bond donors (Lipinski definition) is 1. The Balaban J connectivity index is 1.72. The zero-order chi connectivity index (χ0) is 17.8. The first kappa shape index (κ1) is 17.2. The summed E-state index contributed by atoms with van der Waals surface area (Å²) in [4.78, 5) is 5.24. The van der Waals surface area contributed by atoms with E-state index in [4.69, 9.17) is 21.4 Å². The van der Waals surface area contributed by atoms with Crippen LogP contribution in [0.25, 0.3) is 11.4 Å². The number of halogens is 2. The molecule has 130 valence electrons. The molecule has 0 bridgehead atoms. The Morgan fingerprint density at radius 2 is 2.08 bits per heavy atom. The SMILES string of the molecule is C[C@@H](CO)Cn1nnc(-c2ccc(Oc3ncc(Cl)cc3F)cc2)n1. The van der Waals surface area contributed by atoms with Crippen LogP contribution in [0.4, 0.5) is 4.39 Å². The molecule has 9 heteroatoms. The Bertz CT molecular complexity index is 856. The van der Waals surface area contributed by atoms with Gasteiger partial charge in [-0.2, -0.15) is 4.80 Å². The molecule has 3 rings (SSSR count). The molecule has 0 saturated heterocycles. The van der Waals surface area contributed by atoms with Crippen LogP contribution in [-0.2, 0) is 6.54 Å². The van der Waals surface area contributed by atoms with Crippen molar-refractivity contribution >= 4 is 11.6 Å². The summed E-state index contributed by atoms with van der Waals surface area (Å²) < 4.78 is 19.1. The largest absolute Gasteiger partial charge is 0.436 e. The van der Waals surface area contributed by atoms with E-state index in [1.165, 1.54) is 11.0 Å². The maximum atomic E-state index is 13.7. The van der Waals surface area contributed by atoms with E-state index >= 15 is 0 Å². The average Bonchev–Trinajstić information content (AvgIpc) is 3.06. The zero-order valence-corrected chi connectivity index (χ0v) is 14.1. The monoisotopic (exact) mass is 363 g/mol. The molecule has 25 heavy (non-hydrogen) atoms. The fourth-order valence-corrected chi connectivity index (χ4v) is 2.18. The summed E-state index contributed by atoms with van der Waals surface area (Å²) in [5, 5.41) is 21.5. The standard InChI is InChI=1S/C16H15ClFN5O2/c1-10(9-24)8-23-21-15(20-22-23)11-2-4-13(5-3-11)25-16-14(18)6-12(17)7-19-16/h2-7,10,24H,8-9H2,1H3/t10-/m1/s1. The number of aliphatic hydroxyl groups excluding tert-OH is 1. The lowest BCUT2D eigenvalue weighted by molar-refractivity contribution is 0.213. The summed E-state index contributed by atoms with van der Waals surface area (Å²) in [6.07, 6.45) is 1.31. The minimum atomic E-state index is -0.640. The number of hydrogen-bond acceptors (Lipinski definition) is 6. The van der Waals surface area contributed by atoms with Crippen LogP contribution >= 0.6 is 11.6 Å². The number of nitrogens with zero attached hydrogens (tertiary/aromatic N) is 5. The second-order valence-electron chi connectivity index (χ2n) is 5.52. The van der Waals surface area contributed by atoms with Crippen molar-refractivity contribution in [3.05, 3.63) is 47.4 Å². The van der Waals surface area contributed by atoms with E-state index in [0.29, 0.717) is 18.1 Å². The van der Waals surface area contributed by atoms with Crippen LogP contribution in [0.3, 0.4) is 0 Å². The quantitative estimate of drug-likeness (QED) is 0.724. The van der Waals surface area contributed by atoms with E-state index in [9.17, 15) is 4.39 Å². The van der Waals surface area contributed by atoms with Crippen molar-refractivity contribution in [2.75, 3.05) is 6.61 Å². The smallest absolute Gasteiger partial charge is 0.255 e. The van der Waals surface area contributed by atoms with Crippen LogP contribution in [0.15, 0.2) is 36.5 Å². The lowest BCUT2D eigenvalue weighted by Crippen LogP contribution is -2.13. The Hall–Kier alpha value is -2.58. The van der Waals surface area contributed by atoms with E-state index < -0.39 is 5.82 Å². The highest BCUT2D eigenvalue weighted by Gasteiger charge is 2.10. The van der Waals surface area contributed by atoms with Crippen LogP contribution in [0.5, 0.6) is 11.6 Å². The topological polar surface area (TPSA) is 86.0 Å². The minimum Gasteiger partial charge on any atom is -0.436 e. The lowest BCUT2D eigenvalue weighted by Gasteiger charge is -2.06. The summed E-state index contributed by atoms with van der Waals surface area (Å²) in [6.45, 7) is 2.42. The summed E-state index contributed by atoms with van der Waals surface area (Å²) in [5.41, 5.74) is 0.736. The first-order valence-electron chi connectivity index (χ1n) is 7.53. The molecule has 1 N–H and O–H groups in total. The molecule has 0 unspecified atom stereocenters. The van der Waals surface area contributed by atoms with Crippen molar-refractivity contribution in [1.29, 1.82) is 0 Å². The summed E-state index contributed by atoms with van der Waals surface area (Å²) >= 11 is 5.66. The van der Waals surface area contributed by atoms with E-state index in [-0.39, 0.29) is 23.4 Å². The van der Waals surface area contributed by atoms with Crippen LogP contribution in [-0.4, -0.2) is 36.9 Å². The molecule has 0 radical (unpaired) electrons. The van der Waals surface area contributed by atoms with E-state index in [1.54, 1.807) is 24.3 Å². The van der Waals surface area contributed by atoms with E-state index in [0.717, 1.165) is 11.6 Å². The number of ether oxygens (including phenoxy) is 1. The molecule has 1 aromatic carbocycles. The number of rotatable bonds is 6. The maximum Gasteiger partial charge on any atom is 0.255 e. The van der Waals surface area contributed by atoms with Gasteiger partial charge in [0.25, 0.3) is 5.88 Å². The van der Waals surface area contributed by atoms with E-state index in [2.05, 4.69) is 20.4 Å². The third kappa shape index (κ3) is 4.28. The van der Waals surface area contributed by atoms with Crippen LogP contribution in [0.2, 0.25) is 5.02 Å². The lowest BCUT2D eigenvalue weighted by atomic mass is 10.2. The first-order chi connectivity index (χ1) is 12.0. The average molecular weight is 364 g/mol. The molecule has 0 aliphatic carbocycles. The Labute approximate surface area is 148 Å². The Kier molecular flexibility index (Phi) is 5.20. The highest BCUT2D eigenvalue weighted by molar-refractivity contribution is 6.30. The number of aliphatic hydroxyl groups is 1. The summed E-state index contributed by atoms with van der Waals surface area (Å²) in [5.74, 6) is 0.115. The van der Waals surface area contributed by atoms with Crippen molar-refractivity contribution < 1.29 is 14.2 Å². The Morgan fingerprint density at radius 1 is 1.32 bits per heavy atom. The normalized spacial score (nSPS) is 12.2. The Morgan fingerprint density at radius 3 is 2.76 bits per heavy atom. The molecule has 1 atom stereocenters. The summed E-state index contributed by atoms with van der Waals surface area (Å²) in [7, 11) is 0. The number of pyridine rings is 1. The summed E-state index contributed by atoms with van der Waals surface area (Å²) in [6, 6.07) is 7.91. The predicted octanol–water partition coefficient (Wildman–Crippen LogP) is 2.95. The molecular formula is C16H15ClFN5O2. The third-order valence-electron chi connectivity index (χ3n) is 3.34. The fraction of sp³-hybridized carbons (Fsp3) is 0.250. The molecule has 0 spiro atoms. The van der Waals surface area contributed by atoms with Gasteiger partial charge in [0.1, 0.15) is 5.75 Å². The maximum absolute atomic E-state index is 13.7. The van der Waals surface area contributed by atoms with Crippen LogP contribution in [0.1, 0.15) is 6.92 Å². The van der Waals surface area contributed by atoms with Crippen molar-refractivity contribution in [3.8, 4) is 23.0 Å². The number of benzene rings is 1. The number of aromatic nitrogens is 5. The van der Waals surface area contributed by atoms with Crippen molar-refractivity contribution in [2.45, 2.75) is 13.5 Å². The van der Waals surface area contributed by atoms with Gasteiger partial charge in [-0.15, -0.1) is 10.2 Å². The van der Waals surface area contributed by atoms with Gasteiger partial charge in [-0.05, 0) is 35.5 Å². The van der Waals surface area contributed by atoms with Crippen LogP contribution in [0, 0.1) is 11.7 Å². The van der Waals surface area contributed by atoms with Gasteiger partial charge in [0.15, 0.2) is 5.82 Å². The van der Waals surface area contributed by atoms with E-state index in [1.807, 2.05) is 6.92 Å². The molecule has 0 saturated carbocycles. The van der Waals surface area contributed by atoms with Gasteiger partial charge >= 0.3 is 0 Å². The minimum absolute atomic E-state index is 0.0413. The van der Waals surface area contributed by atoms with Gasteiger partial charge < -0.3 is 9.84 Å².